The molecule has 25 heavy (non-hydrogen) atoms. The van der Waals surface area contributed by atoms with E-state index in [4.69, 9.17) is 20.8 Å². The lowest BCUT2D eigenvalue weighted by molar-refractivity contribution is 0.0905. The van der Waals surface area contributed by atoms with Crippen LogP contribution in [-0.2, 0) is 6.42 Å². The predicted molar refractivity (Wildman–Crippen MR) is 96.5 cm³/mol. The van der Waals surface area contributed by atoms with Gasteiger partial charge in [0.15, 0.2) is 6.39 Å². The molecule has 0 saturated heterocycles. The molecule has 0 bridgehead atoms. The number of nitrogens with zero attached hydrogens (tertiary/aromatic N) is 1. The minimum absolute atomic E-state index is 0.155. The molecule has 0 spiro atoms. The SMILES string of the molecule is Cc1ncoc1C(=O)NCC1Cc2cc(-c3ccsc3)cc(Cl)c2O1. The zero-order valence-electron chi connectivity index (χ0n) is 13.4. The van der Waals surface area contributed by atoms with Crippen LogP contribution in [-0.4, -0.2) is 23.5 Å². The van der Waals surface area contributed by atoms with Crippen LogP contribution < -0.4 is 10.1 Å². The van der Waals surface area contributed by atoms with E-state index < -0.39 is 0 Å². The van der Waals surface area contributed by atoms with E-state index in [-0.39, 0.29) is 17.8 Å². The van der Waals surface area contributed by atoms with Gasteiger partial charge in [-0.25, -0.2) is 4.98 Å². The second-order valence-corrected chi connectivity index (χ2v) is 7.07. The molecule has 0 fully saturated rings. The summed E-state index contributed by atoms with van der Waals surface area (Å²) in [5.74, 6) is 0.642. The molecule has 1 unspecified atom stereocenters. The number of benzene rings is 1. The molecular weight excluding hydrogens is 360 g/mol. The van der Waals surface area contributed by atoms with Crippen LogP contribution >= 0.6 is 22.9 Å². The summed E-state index contributed by atoms with van der Waals surface area (Å²) < 4.78 is 11.0. The zero-order valence-corrected chi connectivity index (χ0v) is 15.0. The van der Waals surface area contributed by atoms with Crippen molar-refractivity contribution in [3.05, 3.63) is 57.4 Å². The fraction of sp³-hybridized carbons (Fsp3) is 0.222. The number of aryl methyl sites for hydroxylation is 1. The van der Waals surface area contributed by atoms with Crippen LogP contribution in [0, 0.1) is 6.92 Å². The molecule has 0 saturated carbocycles. The highest BCUT2D eigenvalue weighted by Crippen LogP contribution is 2.39. The van der Waals surface area contributed by atoms with E-state index in [2.05, 4.69) is 27.8 Å². The number of oxazole rings is 1. The molecule has 3 heterocycles. The van der Waals surface area contributed by atoms with Crippen molar-refractivity contribution in [2.45, 2.75) is 19.4 Å². The highest BCUT2D eigenvalue weighted by molar-refractivity contribution is 7.08. The Kier molecular flexibility index (Phi) is 4.23. The maximum absolute atomic E-state index is 12.1. The fourth-order valence-electron chi connectivity index (χ4n) is 2.90. The third kappa shape index (κ3) is 3.15. The predicted octanol–water partition coefficient (Wildman–Crippen LogP) is 4.10. The number of amides is 1. The number of carbonyl (C=O) groups excluding carboxylic acids is 1. The number of hydrogen-bond donors (Lipinski definition) is 1. The molecule has 5 nitrogen and oxygen atoms in total. The smallest absolute Gasteiger partial charge is 0.289 e. The molecular formula is C18H15ClN2O3S. The van der Waals surface area contributed by atoms with Crippen LogP contribution in [0.1, 0.15) is 21.8 Å². The lowest BCUT2D eigenvalue weighted by atomic mass is 10.0. The average Bonchev–Trinajstić information content (AvgIpc) is 3.32. The number of ether oxygens (including phenoxy) is 1. The van der Waals surface area contributed by atoms with E-state index >= 15 is 0 Å². The number of nitrogens with one attached hydrogen (secondary N) is 1. The second kappa shape index (κ2) is 6.54. The van der Waals surface area contributed by atoms with Gasteiger partial charge in [0.2, 0.25) is 5.76 Å². The van der Waals surface area contributed by atoms with Crippen LogP contribution in [0.25, 0.3) is 11.1 Å². The minimum atomic E-state index is -0.292. The number of thiophene rings is 1. The van der Waals surface area contributed by atoms with E-state index in [1.807, 2.05) is 11.4 Å². The molecule has 0 aliphatic carbocycles. The van der Waals surface area contributed by atoms with E-state index in [0.717, 1.165) is 16.7 Å². The Bertz CT molecular complexity index is 921. The van der Waals surface area contributed by atoms with Gasteiger partial charge in [-0.1, -0.05) is 11.6 Å². The third-order valence-electron chi connectivity index (χ3n) is 4.15. The maximum Gasteiger partial charge on any atom is 0.289 e. The summed E-state index contributed by atoms with van der Waals surface area (Å²) in [6.07, 6.45) is 1.80. The first-order valence-corrected chi connectivity index (χ1v) is 9.14. The van der Waals surface area contributed by atoms with Crippen LogP contribution in [0.5, 0.6) is 5.75 Å². The molecule has 1 N–H and O–H groups in total. The van der Waals surface area contributed by atoms with Crippen molar-refractivity contribution in [3.8, 4) is 16.9 Å². The topological polar surface area (TPSA) is 64.4 Å². The van der Waals surface area contributed by atoms with Crippen LogP contribution in [0.2, 0.25) is 5.02 Å². The Balaban J connectivity index is 1.45. The first-order chi connectivity index (χ1) is 12.1. The standard InChI is InChI=1S/C18H15ClN2O3S/c1-10-16(23-9-21-10)18(22)20-7-14-5-13-4-12(11-2-3-25-8-11)6-15(19)17(13)24-14/h2-4,6,8-9,14H,5,7H2,1H3,(H,20,22). The van der Waals surface area contributed by atoms with Gasteiger partial charge in [0.1, 0.15) is 11.9 Å². The van der Waals surface area contributed by atoms with Gasteiger partial charge in [-0.3, -0.25) is 4.79 Å². The molecule has 1 aliphatic heterocycles. The normalized spacial score (nSPS) is 15.7. The summed E-state index contributed by atoms with van der Waals surface area (Å²) in [4.78, 5) is 16.0. The summed E-state index contributed by atoms with van der Waals surface area (Å²) in [5, 5.41) is 7.55. The van der Waals surface area contributed by atoms with E-state index in [0.29, 0.717) is 29.4 Å². The summed E-state index contributed by atoms with van der Waals surface area (Å²) in [6.45, 7) is 2.10. The van der Waals surface area contributed by atoms with Crippen molar-refractivity contribution in [1.82, 2.24) is 10.3 Å². The number of hydrogen-bond acceptors (Lipinski definition) is 5. The Labute approximate surface area is 153 Å². The first kappa shape index (κ1) is 16.2. The van der Waals surface area contributed by atoms with Gasteiger partial charge in [0.05, 0.1) is 17.3 Å². The van der Waals surface area contributed by atoms with E-state index in [1.54, 1.807) is 18.3 Å². The van der Waals surface area contributed by atoms with Gasteiger partial charge in [0, 0.05) is 12.0 Å². The Morgan fingerprint density at radius 3 is 3.04 bits per heavy atom. The molecule has 2 aromatic heterocycles. The molecule has 4 rings (SSSR count). The van der Waals surface area contributed by atoms with Gasteiger partial charge in [0.25, 0.3) is 5.91 Å². The molecule has 7 heteroatoms. The highest BCUT2D eigenvalue weighted by atomic mass is 35.5. The highest BCUT2D eigenvalue weighted by Gasteiger charge is 2.27. The first-order valence-electron chi connectivity index (χ1n) is 7.81. The lowest BCUT2D eigenvalue weighted by Crippen LogP contribution is -2.34. The van der Waals surface area contributed by atoms with Gasteiger partial charge >= 0.3 is 0 Å². The summed E-state index contributed by atoms with van der Waals surface area (Å²) in [7, 11) is 0. The molecule has 1 amide bonds. The fourth-order valence-corrected chi connectivity index (χ4v) is 3.85. The number of carbonyl (C=O) groups is 1. The lowest BCUT2D eigenvalue weighted by Gasteiger charge is -2.11. The maximum atomic E-state index is 12.1. The van der Waals surface area contributed by atoms with Crippen molar-refractivity contribution in [3.63, 3.8) is 0 Å². The average molecular weight is 375 g/mol. The van der Waals surface area contributed by atoms with Crippen LogP contribution in [0.4, 0.5) is 0 Å². The third-order valence-corrected chi connectivity index (χ3v) is 5.11. The van der Waals surface area contributed by atoms with Crippen LogP contribution in [0.3, 0.4) is 0 Å². The number of halogens is 1. The zero-order chi connectivity index (χ0) is 17.4. The number of fused-ring (bicyclic) bond motifs is 1. The van der Waals surface area contributed by atoms with Crippen molar-refractivity contribution in [2.75, 3.05) is 6.54 Å². The van der Waals surface area contributed by atoms with Crippen molar-refractivity contribution in [2.24, 2.45) is 0 Å². The van der Waals surface area contributed by atoms with E-state index in [9.17, 15) is 4.79 Å². The largest absolute Gasteiger partial charge is 0.486 e. The minimum Gasteiger partial charge on any atom is -0.486 e. The Morgan fingerprint density at radius 1 is 1.44 bits per heavy atom. The van der Waals surface area contributed by atoms with Crippen molar-refractivity contribution in [1.29, 1.82) is 0 Å². The summed E-state index contributed by atoms with van der Waals surface area (Å²) in [5.41, 5.74) is 3.85. The molecule has 1 aliphatic rings. The molecule has 3 aromatic rings. The molecule has 0 radical (unpaired) electrons. The monoisotopic (exact) mass is 374 g/mol. The van der Waals surface area contributed by atoms with Crippen molar-refractivity contribution < 1.29 is 13.9 Å². The molecule has 128 valence electrons. The van der Waals surface area contributed by atoms with Gasteiger partial charge < -0.3 is 14.5 Å². The van der Waals surface area contributed by atoms with Gasteiger partial charge in [-0.05, 0) is 47.0 Å². The van der Waals surface area contributed by atoms with Gasteiger partial charge in [-0.15, -0.1) is 0 Å². The second-order valence-electron chi connectivity index (χ2n) is 5.88. The quantitative estimate of drug-likeness (QED) is 0.746. The Morgan fingerprint density at radius 2 is 2.32 bits per heavy atom. The van der Waals surface area contributed by atoms with E-state index in [1.165, 1.54) is 6.39 Å². The number of aromatic nitrogens is 1. The summed E-state index contributed by atoms with van der Waals surface area (Å²) >= 11 is 8.04. The Hall–Kier alpha value is -2.31. The van der Waals surface area contributed by atoms with Crippen molar-refractivity contribution >= 4 is 28.8 Å². The number of rotatable bonds is 4. The molecule has 1 atom stereocenters. The van der Waals surface area contributed by atoms with Crippen LogP contribution in [0.15, 0.2) is 39.8 Å². The summed E-state index contributed by atoms with van der Waals surface area (Å²) in [6, 6.07) is 6.09. The van der Waals surface area contributed by atoms with Gasteiger partial charge in [-0.2, -0.15) is 11.3 Å². The molecule has 1 aromatic carbocycles.